The van der Waals surface area contributed by atoms with Gasteiger partial charge in [0.25, 0.3) is 0 Å². The van der Waals surface area contributed by atoms with E-state index in [0.29, 0.717) is 0 Å². The number of hydrogen-bond donors (Lipinski definition) is 0. The molecule has 0 fully saturated rings. The molecular formula is C24H6F10N2. The lowest BCUT2D eigenvalue weighted by Crippen LogP contribution is -2.05. The van der Waals surface area contributed by atoms with E-state index >= 15 is 0 Å². The van der Waals surface area contributed by atoms with E-state index in [2.05, 4.69) is 9.97 Å². The van der Waals surface area contributed by atoms with Crippen LogP contribution in [-0.2, 0) is 0 Å². The van der Waals surface area contributed by atoms with Gasteiger partial charge in [0.2, 0.25) is 11.6 Å². The second kappa shape index (κ2) is 8.18. The highest BCUT2D eigenvalue weighted by molar-refractivity contribution is 6.04. The Kier molecular flexibility index (Phi) is 5.34. The average molecular weight is 512 g/mol. The molecule has 0 saturated carbocycles. The molecule has 0 saturated heterocycles. The average Bonchev–Trinajstić information content (AvgIpc) is 2.88. The Morgan fingerprint density at radius 2 is 0.583 bits per heavy atom. The number of hydrogen-bond acceptors (Lipinski definition) is 2. The first kappa shape index (κ1) is 23.5. The largest absolute Gasteiger partial charge is 0.245 e. The van der Waals surface area contributed by atoms with Crippen LogP contribution in [0.25, 0.3) is 44.3 Å². The van der Waals surface area contributed by atoms with Crippen LogP contribution in [0.5, 0.6) is 0 Å². The molecule has 0 unspecified atom stereocenters. The van der Waals surface area contributed by atoms with Crippen molar-refractivity contribution in [1.29, 1.82) is 0 Å². The van der Waals surface area contributed by atoms with Crippen molar-refractivity contribution in [3.8, 4) is 22.5 Å². The number of rotatable bonds is 2. The molecular weight excluding hydrogens is 506 g/mol. The number of halogens is 10. The smallest absolute Gasteiger partial charge is 0.200 e. The molecule has 0 aliphatic heterocycles. The third-order valence-electron chi connectivity index (χ3n) is 5.45. The molecule has 36 heavy (non-hydrogen) atoms. The van der Waals surface area contributed by atoms with Gasteiger partial charge in [-0.1, -0.05) is 24.3 Å². The first-order valence-corrected chi connectivity index (χ1v) is 9.77. The third kappa shape index (κ3) is 3.28. The lowest BCUT2D eigenvalue weighted by molar-refractivity contribution is 0.381. The van der Waals surface area contributed by atoms with Crippen molar-refractivity contribution < 1.29 is 43.9 Å². The molecule has 0 aliphatic carbocycles. The predicted octanol–water partition coefficient (Wildman–Crippen LogP) is 7.51. The summed E-state index contributed by atoms with van der Waals surface area (Å²) in [5, 5.41) is 0.439. The van der Waals surface area contributed by atoms with Gasteiger partial charge in [0.05, 0.1) is 33.5 Å². The summed E-state index contributed by atoms with van der Waals surface area (Å²) < 4.78 is 139. The molecule has 0 bridgehead atoms. The molecule has 0 spiro atoms. The summed E-state index contributed by atoms with van der Waals surface area (Å²) in [6, 6.07) is 7.27. The molecule has 0 atom stereocenters. The molecule has 3 aromatic carbocycles. The number of nitrogens with zero attached hydrogens (tertiary/aromatic N) is 2. The highest BCUT2D eigenvalue weighted by Crippen LogP contribution is 2.35. The van der Waals surface area contributed by atoms with Crippen LogP contribution in [0.1, 0.15) is 0 Å². The van der Waals surface area contributed by atoms with E-state index in [-0.39, 0.29) is 21.8 Å². The molecule has 2 nitrogen and oxygen atoms in total. The van der Waals surface area contributed by atoms with Crippen LogP contribution in [0.15, 0.2) is 36.4 Å². The van der Waals surface area contributed by atoms with E-state index in [1.54, 1.807) is 0 Å². The topological polar surface area (TPSA) is 25.8 Å². The lowest BCUT2D eigenvalue weighted by Gasteiger charge is -2.11. The molecule has 2 aromatic heterocycles. The Bertz CT molecular complexity index is 1560. The van der Waals surface area contributed by atoms with Crippen LogP contribution in [0.3, 0.4) is 0 Å². The van der Waals surface area contributed by atoms with Crippen molar-refractivity contribution in [2.24, 2.45) is 0 Å². The van der Waals surface area contributed by atoms with E-state index in [0.717, 1.165) is 12.1 Å². The maximum absolute atomic E-state index is 14.3. The van der Waals surface area contributed by atoms with Crippen molar-refractivity contribution in [3.05, 3.63) is 94.6 Å². The van der Waals surface area contributed by atoms with Gasteiger partial charge in [-0.3, -0.25) is 0 Å². The van der Waals surface area contributed by atoms with Gasteiger partial charge in [-0.15, -0.1) is 0 Å². The predicted molar refractivity (Wildman–Crippen MR) is 107 cm³/mol. The normalized spacial score (nSPS) is 11.6. The monoisotopic (exact) mass is 512 g/mol. The van der Waals surface area contributed by atoms with Crippen LogP contribution in [-0.4, -0.2) is 9.97 Å². The van der Waals surface area contributed by atoms with E-state index < -0.39 is 80.7 Å². The van der Waals surface area contributed by atoms with Crippen molar-refractivity contribution in [1.82, 2.24) is 9.97 Å². The Hall–Kier alpha value is -4.22. The van der Waals surface area contributed by atoms with Crippen molar-refractivity contribution in [2.45, 2.75) is 0 Å². The molecule has 2 heterocycles. The van der Waals surface area contributed by atoms with Crippen LogP contribution in [0.4, 0.5) is 43.9 Å². The highest BCUT2D eigenvalue weighted by atomic mass is 19.2. The zero-order valence-corrected chi connectivity index (χ0v) is 17.1. The standard InChI is InChI=1S/C24H6F10N2/c25-13-11(14(26)18(30)21(33)17(13)29)9-5-3-7-1-2-8-4-6-10(36-24(8)23(7)35-9)12-15(27)19(31)22(34)20(32)16(12)28/h1-6H. The summed E-state index contributed by atoms with van der Waals surface area (Å²) in [6.45, 7) is 0. The number of pyridine rings is 2. The third-order valence-corrected chi connectivity index (χ3v) is 5.45. The molecule has 5 aromatic rings. The summed E-state index contributed by atoms with van der Waals surface area (Å²) in [4.78, 5) is 7.88. The molecule has 0 aliphatic rings. The number of benzene rings is 3. The van der Waals surface area contributed by atoms with Gasteiger partial charge in [0.1, 0.15) is 0 Å². The summed E-state index contributed by atoms with van der Waals surface area (Å²) >= 11 is 0. The van der Waals surface area contributed by atoms with Crippen LogP contribution in [0.2, 0.25) is 0 Å². The highest BCUT2D eigenvalue weighted by Gasteiger charge is 2.29. The quantitative estimate of drug-likeness (QED) is 0.106. The molecule has 0 N–H and O–H groups in total. The van der Waals surface area contributed by atoms with E-state index in [1.807, 2.05) is 0 Å². The number of fused-ring (bicyclic) bond motifs is 3. The summed E-state index contributed by atoms with van der Waals surface area (Å²) in [5.74, 6) is -22.1. The maximum atomic E-state index is 14.3. The fourth-order valence-corrected chi connectivity index (χ4v) is 3.71. The number of aromatic nitrogens is 2. The lowest BCUT2D eigenvalue weighted by atomic mass is 10.0. The molecule has 182 valence electrons. The summed E-state index contributed by atoms with van der Waals surface area (Å²) in [6.07, 6.45) is 0. The maximum Gasteiger partial charge on any atom is 0.200 e. The van der Waals surface area contributed by atoms with Gasteiger partial charge < -0.3 is 0 Å². The molecule has 0 radical (unpaired) electrons. The van der Waals surface area contributed by atoms with Crippen molar-refractivity contribution in [3.63, 3.8) is 0 Å². The van der Waals surface area contributed by atoms with Crippen LogP contribution >= 0.6 is 0 Å². The van der Waals surface area contributed by atoms with Gasteiger partial charge in [0, 0.05) is 10.8 Å². The van der Waals surface area contributed by atoms with Gasteiger partial charge in [-0.2, -0.15) is 0 Å². The molecule has 12 heteroatoms. The van der Waals surface area contributed by atoms with E-state index in [9.17, 15) is 43.9 Å². The minimum Gasteiger partial charge on any atom is -0.245 e. The Morgan fingerprint density at radius 1 is 0.333 bits per heavy atom. The van der Waals surface area contributed by atoms with Crippen LogP contribution in [0, 0.1) is 58.2 Å². The zero-order chi connectivity index (χ0) is 26.0. The van der Waals surface area contributed by atoms with E-state index in [1.165, 1.54) is 24.3 Å². The van der Waals surface area contributed by atoms with Gasteiger partial charge >= 0.3 is 0 Å². The fraction of sp³-hybridized carbons (Fsp3) is 0. The SMILES string of the molecule is Fc1c(F)c(F)c(-c2ccc3ccc4ccc(-c5c(F)c(F)c(F)c(F)c5F)nc4c3n2)c(F)c1F. The van der Waals surface area contributed by atoms with E-state index in [4.69, 9.17) is 0 Å². The van der Waals surface area contributed by atoms with Crippen molar-refractivity contribution >= 4 is 21.8 Å². The zero-order valence-electron chi connectivity index (χ0n) is 17.1. The Balaban J connectivity index is 1.81. The fourth-order valence-electron chi connectivity index (χ4n) is 3.71. The minimum atomic E-state index is -2.37. The first-order chi connectivity index (χ1) is 17.0. The molecule has 0 amide bonds. The Morgan fingerprint density at radius 3 is 0.889 bits per heavy atom. The Labute approximate surface area is 193 Å². The summed E-state index contributed by atoms with van der Waals surface area (Å²) in [5.41, 5.74) is -4.46. The van der Waals surface area contributed by atoms with Crippen molar-refractivity contribution in [2.75, 3.05) is 0 Å². The second-order valence-electron chi connectivity index (χ2n) is 7.49. The van der Waals surface area contributed by atoms with Crippen LogP contribution < -0.4 is 0 Å². The second-order valence-corrected chi connectivity index (χ2v) is 7.49. The molecule has 5 rings (SSSR count). The van der Waals surface area contributed by atoms with Gasteiger partial charge in [-0.25, -0.2) is 53.9 Å². The van der Waals surface area contributed by atoms with Gasteiger partial charge in [0.15, 0.2) is 46.5 Å². The minimum absolute atomic E-state index is 0.209. The first-order valence-electron chi connectivity index (χ1n) is 9.77. The summed E-state index contributed by atoms with van der Waals surface area (Å²) in [7, 11) is 0. The van der Waals surface area contributed by atoms with Gasteiger partial charge in [-0.05, 0) is 12.1 Å².